The fraction of sp³-hybridized carbons (Fsp3) is 0.308. The lowest BCUT2D eigenvalue weighted by molar-refractivity contribution is -0.122. The molecule has 0 unspecified atom stereocenters. The summed E-state index contributed by atoms with van der Waals surface area (Å²) in [5.41, 5.74) is 0.463. The van der Waals surface area contributed by atoms with E-state index in [1.807, 2.05) is 0 Å². The number of halogens is 1. The number of hydrogen-bond acceptors (Lipinski definition) is 4. The monoisotopic (exact) mass is 296 g/mol. The van der Waals surface area contributed by atoms with Gasteiger partial charge in [-0.05, 0) is 31.3 Å². The maximum absolute atomic E-state index is 12.7. The Labute approximate surface area is 121 Å². The standard InChI is InChI=1S/C13H17FN4O3/c1-15-13(21)17-12(20)8-18(2)7-11(19)16-10-5-3-9(14)4-6-10/h3-6H,7-8H2,1-2H3,(H,16,19)(H2,15,17,20,21). The number of hydrogen-bond donors (Lipinski definition) is 3. The molecule has 0 radical (unpaired) electrons. The summed E-state index contributed by atoms with van der Waals surface area (Å²) in [6.45, 7) is -0.150. The SMILES string of the molecule is CNC(=O)NC(=O)CN(C)CC(=O)Nc1ccc(F)cc1. The molecule has 1 aromatic carbocycles. The van der Waals surface area contributed by atoms with E-state index in [1.54, 1.807) is 7.05 Å². The van der Waals surface area contributed by atoms with Gasteiger partial charge in [0.1, 0.15) is 5.82 Å². The van der Waals surface area contributed by atoms with Gasteiger partial charge in [0, 0.05) is 12.7 Å². The molecule has 3 N–H and O–H groups in total. The molecule has 114 valence electrons. The van der Waals surface area contributed by atoms with Crippen molar-refractivity contribution in [3.8, 4) is 0 Å². The lowest BCUT2D eigenvalue weighted by atomic mass is 10.3. The number of carbonyl (C=O) groups excluding carboxylic acids is 3. The summed E-state index contributed by atoms with van der Waals surface area (Å²) in [5, 5.41) is 6.90. The van der Waals surface area contributed by atoms with Gasteiger partial charge < -0.3 is 10.6 Å². The van der Waals surface area contributed by atoms with Crippen molar-refractivity contribution in [3.05, 3.63) is 30.1 Å². The maximum Gasteiger partial charge on any atom is 0.321 e. The molecule has 1 rings (SSSR count). The van der Waals surface area contributed by atoms with Crippen LogP contribution >= 0.6 is 0 Å². The van der Waals surface area contributed by atoms with E-state index in [0.29, 0.717) is 5.69 Å². The van der Waals surface area contributed by atoms with Gasteiger partial charge in [0.25, 0.3) is 0 Å². The third kappa shape index (κ3) is 6.48. The van der Waals surface area contributed by atoms with Gasteiger partial charge in [-0.25, -0.2) is 9.18 Å². The lowest BCUT2D eigenvalue weighted by Crippen LogP contribution is -2.44. The topological polar surface area (TPSA) is 90.5 Å². The van der Waals surface area contributed by atoms with Gasteiger partial charge in [-0.3, -0.25) is 19.8 Å². The summed E-state index contributed by atoms with van der Waals surface area (Å²) in [4.78, 5) is 35.5. The predicted octanol–water partition coefficient (Wildman–Crippen LogP) is 0.152. The van der Waals surface area contributed by atoms with E-state index in [1.165, 1.54) is 36.2 Å². The van der Waals surface area contributed by atoms with E-state index in [-0.39, 0.29) is 19.0 Å². The molecule has 0 heterocycles. The molecule has 8 heteroatoms. The zero-order valence-electron chi connectivity index (χ0n) is 11.8. The molecule has 21 heavy (non-hydrogen) atoms. The van der Waals surface area contributed by atoms with Crippen LogP contribution in [0, 0.1) is 5.82 Å². The van der Waals surface area contributed by atoms with Crippen LogP contribution in [-0.4, -0.2) is 49.9 Å². The first-order chi connectivity index (χ1) is 9.90. The predicted molar refractivity (Wildman–Crippen MR) is 75.1 cm³/mol. The summed E-state index contributed by atoms with van der Waals surface area (Å²) < 4.78 is 12.7. The Kier molecular flexibility index (Phi) is 6.28. The first-order valence-electron chi connectivity index (χ1n) is 6.16. The van der Waals surface area contributed by atoms with Gasteiger partial charge >= 0.3 is 6.03 Å². The summed E-state index contributed by atoms with van der Waals surface area (Å²) in [6, 6.07) is 4.73. The molecule has 1 aromatic rings. The van der Waals surface area contributed by atoms with E-state index >= 15 is 0 Å². The highest BCUT2D eigenvalue weighted by atomic mass is 19.1. The third-order valence-electron chi connectivity index (χ3n) is 2.44. The van der Waals surface area contributed by atoms with Crippen molar-refractivity contribution in [2.45, 2.75) is 0 Å². The Morgan fingerprint density at radius 2 is 1.67 bits per heavy atom. The number of nitrogens with one attached hydrogen (secondary N) is 3. The van der Waals surface area contributed by atoms with Crippen molar-refractivity contribution in [1.82, 2.24) is 15.5 Å². The number of nitrogens with zero attached hydrogens (tertiary/aromatic N) is 1. The Balaban J connectivity index is 2.38. The van der Waals surface area contributed by atoms with Crippen molar-refractivity contribution >= 4 is 23.5 Å². The maximum atomic E-state index is 12.7. The molecular formula is C13H17FN4O3. The second-order valence-corrected chi connectivity index (χ2v) is 4.35. The van der Waals surface area contributed by atoms with Crippen molar-refractivity contribution in [3.63, 3.8) is 0 Å². The summed E-state index contributed by atoms with van der Waals surface area (Å²) >= 11 is 0. The highest BCUT2D eigenvalue weighted by molar-refractivity contribution is 5.96. The van der Waals surface area contributed by atoms with Crippen LogP contribution in [0.15, 0.2) is 24.3 Å². The zero-order chi connectivity index (χ0) is 15.8. The number of imide groups is 1. The minimum Gasteiger partial charge on any atom is -0.341 e. The lowest BCUT2D eigenvalue weighted by Gasteiger charge is -2.15. The van der Waals surface area contributed by atoms with Gasteiger partial charge in [0.15, 0.2) is 0 Å². The van der Waals surface area contributed by atoms with E-state index < -0.39 is 17.8 Å². The van der Waals surface area contributed by atoms with Crippen LogP contribution in [0.4, 0.5) is 14.9 Å². The molecule has 0 bridgehead atoms. The Morgan fingerprint density at radius 1 is 1.10 bits per heavy atom. The van der Waals surface area contributed by atoms with E-state index in [2.05, 4.69) is 16.0 Å². The number of urea groups is 1. The van der Waals surface area contributed by atoms with Crippen molar-refractivity contribution < 1.29 is 18.8 Å². The molecule has 0 fully saturated rings. The molecule has 0 spiro atoms. The Hall–Kier alpha value is -2.48. The third-order valence-corrected chi connectivity index (χ3v) is 2.44. The number of benzene rings is 1. The summed E-state index contributed by atoms with van der Waals surface area (Å²) in [6.07, 6.45) is 0. The number of carbonyl (C=O) groups is 3. The van der Waals surface area contributed by atoms with Gasteiger partial charge in [0.05, 0.1) is 13.1 Å². The van der Waals surface area contributed by atoms with Crippen molar-refractivity contribution in [2.75, 3.05) is 32.5 Å². The zero-order valence-corrected chi connectivity index (χ0v) is 11.8. The molecular weight excluding hydrogens is 279 g/mol. The highest BCUT2D eigenvalue weighted by Crippen LogP contribution is 2.07. The van der Waals surface area contributed by atoms with Crippen LogP contribution in [-0.2, 0) is 9.59 Å². The van der Waals surface area contributed by atoms with Crippen LogP contribution < -0.4 is 16.0 Å². The number of rotatable bonds is 5. The first kappa shape index (κ1) is 16.6. The minimum atomic E-state index is -0.607. The van der Waals surface area contributed by atoms with Crippen LogP contribution in [0.1, 0.15) is 0 Å². The normalized spacial score (nSPS) is 10.1. The van der Waals surface area contributed by atoms with Gasteiger partial charge in [-0.2, -0.15) is 0 Å². The van der Waals surface area contributed by atoms with E-state index in [4.69, 9.17) is 0 Å². The van der Waals surface area contributed by atoms with Gasteiger partial charge in [0.2, 0.25) is 11.8 Å². The second kappa shape index (κ2) is 7.95. The fourth-order valence-corrected chi connectivity index (χ4v) is 1.51. The van der Waals surface area contributed by atoms with Gasteiger partial charge in [-0.1, -0.05) is 0 Å². The van der Waals surface area contributed by atoms with E-state index in [9.17, 15) is 18.8 Å². The Morgan fingerprint density at radius 3 is 2.24 bits per heavy atom. The summed E-state index contributed by atoms with van der Waals surface area (Å²) in [5.74, 6) is -1.26. The minimum absolute atomic E-state index is 0.0431. The molecule has 0 aliphatic heterocycles. The number of anilines is 1. The average Bonchev–Trinajstić information content (AvgIpc) is 2.40. The quantitative estimate of drug-likeness (QED) is 0.721. The molecule has 0 aliphatic carbocycles. The molecule has 0 atom stereocenters. The molecule has 7 nitrogen and oxygen atoms in total. The van der Waals surface area contributed by atoms with Crippen LogP contribution in [0.2, 0.25) is 0 Å². The smallest absolute Gasteiger partial charge is 0.321 e. The van der Waals surface area contributed by atoms with Crippen LogP contribution in [0.3, 0.4) is 0 Å². The van der Waals surface area contributed by atoms with Crippen molar-refractivity contribution in [2.24, 2.45) is 0 Å². The molecule has 0 aliphatic rings. The number of likely N-dealkylation sites (N-methyl/N-ethyl adjacent to an activating group) is 1. The largest absolute Gasteiger partial charge is 0.341 e. The number of amides is 4. The molecule has 0 saturated heterocycles. The van der Waals surface area contributed by atoms with Crippen LogP contribution in [0.25, 0.3) is 0 Å². The molecule has 4 amide bonds. The molecule has 0 aromatic heterocycles. The first-order valence-corrected chi connectivity index (χ1v) is 6.16. The Bertz CT molecular complexity index is 519. The summed E-state index contributed by atoms with van der Waals surface area (Å²) in [7, 11) is 2.95. The molecule has 0 saturated carbocycles. The van der Waals surface area contributed by atoms with E-state index in [0.717, 1.165) is 0 Å². The second-order valence-electron chi connectivity index (χ2n) is 4.35. The fourth-order valence-electron chi connectivity index (χ4n) is 1.51. The van der Waals surface area contributed by atoms with Crippen molar-refractivity contribution in [1.29, 1.82) is 0 Å². The van der Waals surface area contributed by atoms with Crippen LogP contribution in [0.5, 0.6) is 0 Å². The van der Waals surface area contributed by atoms with Gasteiger partial charge in [-0.15, -0.1) is 0 Å². The average molecular weight is 296 g/mol. The highest BCUT2D eigenvalue weighted by Gasteiger charge is 2.12.